The topological polar surface area (TPSA) is 95.1 Å². The van der Waals surface area contributed by atoms with Crippen molar-refractivity contribution < 1.29 is 13.5 Å². The number of hydrogen-bond acceptors (Lipinski definition) is 4. The van der Waals surface area contributed by atoms with Crippen molar-refractivity contribution in [1.29, 1.82) is 0 Å². The summed E-state index contributed by atoms with van der Waals surface area (Å²) in [4.78, 5) is 0. The van der Waals surface area contributed by atoms with Gasteiger partial charge in [-0.05, 0) is 12.8 Å². The molecule has 1 aromatic heterocycles. The van der Waals surface area contributed by atoms with Crippen molar-refractivity contribution in [2.24, 2.45) is 5.92 Å². The summed E-state index contributed by atoms with van der Waals surface area (Å²) < 4.78 is 26.6. The molecule has 2 unspecified atom stereocenters. The highest BCUT2D eigenvalue weighted by Crippen LogP contribution is 2.14. The predicted molar refractivity (Wildman–Crippen MR) is 63.7 cm³/mol. The molecule has 1 aromatic rings. The smallest absolute Gasteiger partial charge is 0.258 e. The van der Waals surface area contributed by atoms with Crippen LogP contribution in [0, 0.1) is 5.92 Å². The van der Waals surface area contributed by atoms with Crippen molar-refractivity contribution in [2.45, 2.75) is 44.9 Å². The van der Waals surface area contributed by atoms with E-state index in [0.717, 1.165) is 6.42 Å². The molecule has 1 rings (SSSR count). The van der Waals surface area contributed by atoms with Crippen LogP contribution in [0.3, 0.4) is 0 Å². The molecule has 98 valence electrons. The maximum absolute atomic E-state index is 12.0. The molecule has 0 radical (unpaired) electrons. The van der Waals surface area contributed by atoms with Crippen molar-refractivity contribution in [2.75, 3.05) is 0 Å². The fraction of sp³-hybridized carbons (Fsp3) is 0.700. The van der Waals surface area contributed by atoms with Gasteiger partial charge in [0.1, 0.15) is 0 Å². The van der Waals surface area contributed by atoms with Gasteiger partial charge in [0.05, 0.1) is 12.8 Å². The Kier molecular flexibility index (Phi) is 4.67. The first-order chi connectivity index (χ1) is 7.92. The highest BCUT2D eigenvalue weighted by molar-refractivity contribution is 7.89. The second kappa shape index (κ2) is 5.61. The zero-order chi connectivity index (χ0) is 13.1. The summed E-state index contributed by atoms with van der Waals surface area (Å²) in [6, 6.07) is -0.167. The summed E-state index contributed by atoms with van der Waals surface area (Å²) in [6.07, 6.45) is 2.20. The average Bonchev–Trinajstić information content (AvgIpc) is 2.76. The van der Waals surface area contributed by atoms with Crippen LogP contribution in [0.4, 0.5) is 0 Å². The van der Waals surface area contributed by atoms with E-state index in [9.17, 15) is 8.42 Å². The largest absolute Gasteiger partial charge is 0.392 e. The molecule has 0 aliphatic carbocycles. The lowest BCUT2D eigenvalue weighted by Gasteiger charge is -2.19. The van der Waals surface area contributed by atoms with Crippen LogP contribution >= 0.6 is 0 Å². The number of sulfonamides is 1. The number of nitrogens with zero attached hydrogens (tertiary/aromatic N) is 1. The number of rotatable bonds is 6. The Morgan fingerprint density at radius 1 is 1.53 bits per heavy atom. The van der Waals surface area contributed by atoms with Crippen molar-refractivity contribution in [3.8, 4) is 0 Å². The molecule has 0 aromatic carbocycles. The molecule has 0 amide bonds. The van der Waals surface area contributed by atoms with Gasteiger partial charge < -0.3 is 5.11 Å². The molecular formula is C10H19N3O3S. The van der Waals surface area contributed by atoms with E-state index < -0.39 is 10.0 Å². The van der Waals surface area contributed by atoms with Crippen LogP contribution in [0.25, 0.3) is 0 Å². The van der Waals surface area contributed by atoms with E-state index >= 15 is 0 Å². The second-order valence-electron chi connectivity index (χ2n) is 4.18. The highest BCUT2D eigenvalue weighted by Gasteiger charge is 2.24. The first-order valence-electron chi connectivity index (χ1n) is 5.57. The van der Waals surface area contributed by atoms with Gasteiger partial charge in [0, 0.05) is 11.6 Å². The Bertz CT molecular complexity index is 455. The SMILES string of the molecule is CCC(C)C(C)NS(=O)(=O)c1[nH]ncc1CO. The van der Waals surface area contributed by atoms with Gasteiger partial charge in [0.25, 0.3) is 10.0 Å². The van der Waals surface area contributed by atoms with Crippen molar-refractivity contribution >= 4 is 10.0 Å². The molecule has 0 saturated carbocycles. The summed E-state index contributed by atoms with van der Waals surface area (Å²) >= 11 is 0. The molecule has 0 aliphatic rings. The van der Waals surface area contributed by atoms with Gasteiger partial charge in [-0.2, -0.15) is 5.10 Å². The maximum Gasteiger partial charge on any atom is 0.258 e. The molecule has 0 saturated heterocycles. The number of aliphatic hydroxyl groups is 1. The van der Waals surface area contributed by atoms with Crippen molar-refractivity contribution in [3.63, 3.8) is 0 Å². The summed E-state index contributed by atoms with van der Waals surface area (Å²) in [5, 5.41) is 15.0. The van der Waals surface area contributed by atoms with E-state index in [1.807, 2.05) is 20.8 Å². The second-order valence-corrected chi connectivity index (χ2v) is 5.83. The minimum atomic E-state index is -3.64. The molecule has 2 atom stereocenters. The number of aliphatic hydroxyl groups excluding tert-OH is 1. The first-order valence-corrected chi connectivity index (χ1v) is 7.06. The lowest BCUT2D eigenvalue weighted by atomic mass is 10.0. The third-order valence-corrected chi connectivity index (χ3v) is 4.53. The van der Waals surface area contributed by atoms with Gasteiger partial charge in [0.15, 0.2) is 5.03 Å². The predicted octanol–water partition coefficient (Wildman–Crippen LogP) is 0.615. The molecule has 6 nitrogen and oxygen atoms in total. The normalized spacial score (nSPS) is 15.8. The fourth-order valence-electron chi connectivity index (χ4n) is 1.42. The van der Waals surface area contributed by atoms with Gasteiger partial charge in [-0.25, -0.2) is 13.1 Å². The lowest BCUT2D eigenvalue weighted by molar-refractivity contribution is 0.278. The van der Waals surface area contributed by atoms with Gasteiger partial charge in [-0.15, -0.1) is 0 Å². The number of H-pyrrole nitrogens is 1. The molecule has 1 heterocycles. The minimum absolute atomic E-state index is 0.0600. The average molecular weight is 261 g/mol. The highest BCUT2D eigenvalue weighted by atomic mass is 32.2. The third kappa shape index (κ3) is 3.27. The molecule has 0 fully saturated rings. The zero-order valence-corrected chi connectivity index (χ0v) is 11.1. The summed E-state index contributed by atoms with van der Waals surface area (Å²) in [6.45, 7) is 5.45. The molecule has 0 aliphatic heterocycles. The molecule has 7 heteroatoms. The molecular weight excluding hydrogens is 242 g/mol. The standard InChI is InChI=1S/C10H19N3O3S/c1-4-7(2)8(3)13-17(15,16)10-9(6-14)5-11-12-10/h5,7-8,13-14H,4,6H2,1-3H3,(H,11,12). The van der Waals surface area contributed by atoms with E-state index in [-0.39, 0.29) is 29.2 Å². The van der Waals surface area contributed by atoms with Crippen LogP contribution in [0.1, 0.15) is 32.8 Å². The van der Waals surface area contributed by atoms with Crippen LogP contribution < -0.4 is 4.72 Å². The first kappa shape index (κ1) is 14.1. The maximum atomic E-state index is 12.0. The van der Waals surface area contributed by atoms with Crippen LogP contribution in [0.5, 0.6) is 0 Å². The van der Waals surface area contributed by atoms with Gasteiger partial charge >= 0.3 is 0 Å². The number of aromatic amines is 1. The number of aromatic nitrogens is 2. The van der Waals surface area contributed by atoms with E-state index in [4.69, 9.17) is 5.11 Å². The fourth-order valence-corrected chi connectivity index (χ4v) is 2.89. The molecule has 0 spiro atoms. The number of hydrogen-bond donors (Lipinski definition) is 3. The van der Waals surface area contributed by atoms with Crippen LogP contribution in [0.2, 0.25) is 0 Å². The summed E-state index contributed by atoms with van der Waals surface area (Å²) in [5.41, 5.74) is 0.272. The Labute approximate surface area is 101 Å². The van der Waals surface area contributed by atoms with E-state index in [2.05, 4.69) is 14.9 Å². The Hall–Kier alpha value is -0.920. The van der Waals surface area contributed by atoms with Crippen LogP contribution in [-0.2, 0) is 16.6 Å². The quantitative estimate of drug-likeness (QED) is 0.699. The molecule has 17 heavy (non-hydrogen) atoms. The van der Waals surface area contributed by atoms with Crippen molar-refractivity contribution in [1.82, 2.24) is 14.9 Å². The van der Waals surface area contributed by atoms with Gasteiger partial charge in [-0.1, -0.05) is 20.3 Å². The zero-order valence-electron chi connectivity index (χ0n) is 10.3. The van der Waals surface area contributed by atoms with Crippen LogP contribution in [-0.4, -0.2) is 29.8 Å². The summed E-state index contributed by atoms with van der Waals surface area (Å²) in [7, 11) is -3.64. The van der Waals surface area contributed by atoms with E-state index in [1.54, 1.807) is 0 Å². The Balaban J connectivity index is 2.90. The Morgan fingerprint density at radius 2 is 2.18 bits per heavy atom. The lowest BCUT2D eigenvalue weighted by Crippen LogP contribution is -2.37. The molecule has 3 N–H and O–H groups in total. The summed E-state index contributed by atoms with van der Waals surface area (Å²) in [5.74, 6) is 0.241. The molecule has 0 bridgehead atoms. The third-order valence-electron chi connectivity index (χ3n) is 2.96. The van der Waals surface area contributed by atoms with E-state index in [0.29, 0.717) is 0 Å². The minimum Gasteiger partial charge on any atom is -0.392 e. The number of nitrogens with one attached hydrogen (secondary N) is 2. The van der Waals surface area contributed by atoms with Gasteiger partial charge in [-0.3, -0.25) is 5.10 Å². The van der Waals surface area contributed by atoms with Crippen LogP contribution in [0.15, 0.2) is 11.2 Å². The Morgan fingerprint density at radius 3 is 2.71 bits per heavy atom. The monoisotopic (exact) mass is 261 g/mol. The van der Waals surface area contributed by atoms with Crippen molar-refractivity contribution in [3.05, 3.63) is 11.8 Å². The van der Waals surface area contributed by atoms with E-state index in [1.165, 1.54) is 6.20 Å². The van der Waals surface area contributed by atoms with Gasteiger partial charge in [0.2, 0.25) is 0 Å².